The normalized spacial score (nSPS) is 13.1. The molecule has 0 radical (unpaired) electrons. The SMILES string of the molecule is CCCCC[PH](CC)(CCC)CCCC. The van der Waals surface area contributed by atoms with Crippen molar-refractivity contribution in [3.05, 3.63) is 0 Å². The molecule has 0 aromatic rings. The summed E-state index contributed by atoms with van der Waals surface area (Å²) in [7, 11) is -0.828. The van der Waals surface area contributed by atoms with E-state index in [-0.39, 0.29) is 0 Å². The third-order valence-electron chi connectivity index (χ3n) is 3.90. The van der Waals surface area contributed by atoms with Crippen LogP contribution in [-0.4, -0.2) is 24.6 Å². The third-order valence-corrected chi connectivity index (χ3v) is 9.79. The van der Waals surface area contributed by atoms with Gasteiger partial charge in [-0.05, 0) is 0 Å². The molecule has 0 saturated heterocycles. The summed E-state index contributed by atoms with van der Waals surface area (Å²) in [6.45, 7) is 9.50. The molecule has 1 heteroatoms. The summed E-state index contributed by atoms with van der Waals surface area (Å²) in [4.78, 5) is 0. The van der Waals surface area contributed by atoms with Gasteiger partial charge in [-0.2, -0.15) is 0 Å². The zero-order valence-electron chi connectivity index (χ0n) is 11.6. The van der Waals surface area contributed by atoms with Gasteiger partial charge in [0.25, 0.3) is 0 Å². The number of hydrogen-bond donors (Lipinski definition) is 0. The van der Waals surface area contributed by atoms with Gasteiger partial charge in [-0.1, -0.05) is 0 Å². The van der Waals surface area contributed by atoms with Crippen LogP contribution in [0.15, 0.2) is 0 Å². The average molecular weight is 232 g/mol. The van der Waals surface area contributed by atoms with Crippen LogP contribution >= 0.6 is 7.26 Å². The van der Waals surface area contributed by atoms with Crippen LogP contribution in [-0.2, 0) is 0 Å². The number of hydrogen-bond acceptors (Lipinski definition) is 0. The molecular weight excluding hydrogens is 199 g/mol. The van der Waals surface area contributed by atoms with E-state index in [4.69, 9.17) is 0 Å². The van der Waals surface area contributed by atoms with E-state index in [0.29, 0.717) is 0 Å². The molecular formula is C14H33P. The predicted octanol–water partition coefficient (Wildman–Crippen LogP) is 5.16. The Morgan fingerprint density at radius 1 is 0.600 bits per heavy atom. The molecule has 0 aliphatic carbocycles. The molecule has 0 aromatic carbocycles. The summed E-state index contributed by atoms with van der Waals surface area (Å²) in [5, 5.41) is 0. The zero-order chi connectivity index (χ0) is 11.6. The average Bonchev–Trinajstić information content (AvgIpc) is 2.26. The maximum absolute atomic E-state index is 2.46. The molecule has 0 rings (SSSR count). The molecule has 0 fully saturated rings. The molecule has 0 amide bonds. The molecule has 0 aliphatic rings. The minimum absolute atomic E-state index is 0.828. The fourth-order valence-electron chi connectivity index (χ4n) is 2.74. The van der Waals surface area contributed by atoms with Gasteiger partial charge in [0.05, 0.1) is 0 Å². The third kappa shape index (κ3) is 6.56. The Morgan fingerprint density at radius 3 is 1.67 bits per heavy atom. The standard InChI is InChI=1S/C14H33P/c1-5-9-11-14-15(8-4,12-7-3)13-10-6-2/h15H,5-14H2,1-4H3. The van der Waals surface area contributed by atoms with Crippen molar-refractivity contribution in [2.45, 2.75) is 66.2 Å². The van der Waals surface area contributed by atoms with Gasteiger partial charge in [-0.25, -0.2) is 0 Å². The van der Waals surface area contributed by atoms with Gasteiger partial charge in [0.1, 0.15) is 0 Å². The molecule has 15 heavy (non-hydrogen) atoms. The summed E-state index contributed by atoms with van der Waals surface area (Å²) >= 11 is 0. The van der Waals surface area contributed by atoms with Gasteiger partial charge < -0.3 is 0 Å². The fourth-order valence-corrected chi connectivity index (χ4v) is 7.71. The second-order valence-electron chi connectivity index (χ2n) is 5.16. The van der Waals surface area contributed by atoms with Gasteiger partial charge in [0, 0.05) is 0 Å². The zero-order valence-corrected chi connectivity index (χ0v) is 12.6. The molecule has 94 valence electrons. The first kappa shape index (κ1) is 15.4. The van der Waals surface area contributed by atoms with Gasteiger partial charge in [-0.15, -0.1) is 0 Å². The van der Waals surface area contributed by atoms with E-state index in [9.17, 15) is 0 Å². The molecule has 0 heterocycles. The first-order valence-electron chi connectivity index (χ1n) is 7.24. The van der Waals surface area contributed by atoms with Crippen LogP contribution in [0.1, 0.15) is 66.2 Å². The van der Waals surface area contributed by atoms with Crippen molar-refractivity contribution in [2.75, 3.05) is 24.6 Å². The molecule has 0 atom stereocenters. The van der Waals surface area contributed by atoms with E-state index in [1.807, 2.05) is 0 Å². The van der Waals surface area contributed by atoms with Crippen molar-refractivity contribution < 1.29 is 0 Å². The minimum atomic E-state index is -0.828. The van der Waals surface area contributed by atoms with Gasteiger partial charge >= 0.3 is 98.1 Å². The van der Waals surface area contributed by atoms with Crippen LogP contribution in [0.25, 0.3) is 0 Å². The van der Waals surface area contributed by atoms with Crippen molar-refractivity contribution >= 4 is 7.26 Å². The van der Waals surface area contributed by atoms with Gasteiger partial charge in [0.15, 0.2) is 0 Å². The van der Waals surface area contributed by atoms with Crippen LogP contribution in [0.5, 0.6) is 0 Å². The topological polar surface area (TPSA) is 0 Å². The van der Waals surface area contributed by atoms with Gasteiger partial charge in [0.2, 0.25) is 0 Å². The Morgan fingerprint density at radius 2 is 1.20 bits per heavy atom. The van der Waals surface area contributed by atoms with E-state index >= 15 is 0 Å². The Labute approximate surface area is 98.6 Å². The van der Waals surface area contributed by atoms with E-state index < -0.39 is 7.26 Å². The molecule has 0 aliphatic heterocycles. The van der Waals surface area contributed by atoms with E-state index in [0.717, 1.165) is 0 Å². The van der Waals surface area contributed by atoms with E-state index in [2.05, 4.69) is 27.7 Å². The summed E-state index contributed by atoms with van der Waals surface area (Å²) in [5.74, 6) is 0. The summed E-state index contributed by atoms with van der Waals surface area (Å²) in [6, 6.07) is 0. The van der Waals surface area contributed by atoms with Crippen LogP contribution < -0.4 is 0 Å². The van der Waals surface area contributed by atoms with Gasteiger partial charge in [-0.3, -0.25) is 0 Å². The van der Waals surface area contributed by atoms with E-state index in [1.165, 1.54) is 44.7 Å². The molecule has 0 saturated carbocycles. The Bertz CT molecular complexity index is 133. The second kappa shape index (κ2) is 9.64. The maximum atomic E-state index is 2.46. The first-order valence-corrected chi connectivity index (χ1v) is 10.1. The summed E-state index contributed by atoms with van der Waals surface area (Å²) < 4.78 is 0. The number of unbranched alkanes of at least 4 members (excludes halogenated alkanes) is 3. The number of rotatable bonds is 10. The van der Waals surface area contributed by atoms with Crippen molar-refractivity contribution in [3.8, 4) is 0 Å². The summed E-state index contributed by atoms with van der Waals surface area (Å²) in [5.41, 5.74) is 0. The molecule has 0 nitrogen and oxygen atoms in total. The Kier molecular flexibility index (Phi) is 9.92. The van der Waals surface area contributed by atoms with Crippen molar-refractivity contribution in [1.29, 1.82) is 0 Å². The first-order chi connectivity index (χ1) is 7.24. The van der Waals surface area contributed by atoms with Crippen molar-refractivity contribution in [2.24, 2.45) is 0 Å². The van der Waals surface area contributed by atoms with Crippen LogP contribution in [0.4, 0.5) is 0 Å². The van der Waals surface area contributed by atoms with Crippen molar-refractivity contribution in [3.63, 3.8) is 0 Å². The Hall–Kier alpha value is 0.430. The molecule has 0 bridgehead atoms. The Balaban J connectivity index is 4.09. The van der Waals surface area contributed by atoms with Crippen LogP contribution in [0.3, 0.4) is 0 Å². The molecule has 0 unspecified atom stereocenters. The molecule has 0 N–H and O–H groups in total. The molecule has 0 aromatic heterocycles. The van der Waals surface area contributed by atoms with Crippen LogP contribution in [0.2, 0.25) is 0 Å². The fraction of sp³-hybridized carbons (Fsp3) is 1.00. The van der Waals surface area contributed by atoms with Crippen LogP contribution in [0, 0.1) is 0 Å². The monoisotopic (exact) mass is 232 g/mol. The summed E-state index contributed by atoms with van der Waals surface area (Å²) in [6.07, 6.45) is 15.0. The van der Waals surface area contributed by atoms with E-state index in [1.54, 1.807) is 18.5 Å². The second-order valence-corrected chi connectivity index (χ2v) is 10.4. The molecule has 0 spiro atoms. The predicted molar refractivity (Wildman–Crippen MR) is 78.2 cm³/mol. The quantitative estimate of drug-likeness (QED) is 0.360. The van der Waals surface area contributed by atoms with Crippen molar-refractivity contribution in [1.82, 2.24) is 0 Å².